The van der Waals surface area contributed by atoms with E-state index in [1.807, 2.05) is 12.2 Å². The molecule has 0 radical (unpaired) electrons. The van der Waals surface area contributed by atoms with Crippen molar-refractivity contribution in [3.8, 4) is 0 Å². The van der Waals surface area contributed by atoms with Crippen molar-refractivity contribution in [2.24, 2.45) is 0 Å². The number of allylic oxidation sites excluding steroid dienone is 16. The number of hydrogen-bond acceptors (Lipinski definition) is 6. The van der Waals surface area contributed by atoms with Crippen LogP contribution in [0.4, 0.5) is 0 Å². The van der Waals surface area contributed by atoms with Crippen LogP contribution in [0.25, 0.3) is 0 Å². The second-order valence-electron chi connectivity index (χ2n) is 17.4. The van der Waals surface area contributed by atoms with E-state index in [0.29, 0.717) is 12.8 Å². The van der Waals surface area contributed by atoms with Crippen LogP contribution in [-0.2, 0) is 28.6 Å². The van der Waals surface area contributed by atoms with Gasteiger partial charge in [-0.2, -0.15) is 0 Å². The fourth-order valence-corrected chi connectivity index (χ4v) is 7.04. The summed E-state index contributed by atoms with van der Waals surface area (Å²) >= 11 is 0. The number of ether oxygens (including phenoxy) is 3. The molecule has 0 aliphatic heterocycles. The minimum Gasteiger partial charge on any atom is -0.462 e. The van der Waals surface area contributed by atoms with Gasteiger partial charge in [0.2, 0.25) is 0 Å². The molecule has 0 saturated carbocycles. The van der Waals surface area contributed by atoms with E-state index in [9.17, 15) is 14.4 Å². The van der Waals surface area contributed by atoms with Gasteiger partial charge in [0.25, 0.3) is 0 Å². The molecule has 0 aromatic carbocycles. The largest absolute Gasteiger partial charge is 0.462 e. The van der Waals surface area contributed by atoms with E-state index in [4.69, 9.17) is 14.2 Å². The molecule has 0 aromatic rings. The van der Waals surface area contributed by atoms with Crippen molar-refractivity contribution >= 4 is 17.9 Å². The lowest BCUT2D eigenvalue weighted by atomic mass is 10.1. The van der Waals surface area contributed by atoms with Gasteiger partial charge in [-0.1, -0.05) is 208 Å². The van der Waals surface area contributed by atoms with Crippen LogP contribution >= 0.6 is 0 Å². The maximum atomic E-state index is 12.8. The van der Waals surface area contributed by atoms with E-state index in [-0.39, 0.29) is 44.0 Å². The van der Waals surface area contributed by atoms with Crippen LogP contribution < -0.4 is 0 Å². The molecule has 0 aliphatic rings. The first-order valence-electron chi connectivity index (χ1n) is 26.7. The van der Waals surface area contributed by atoms with Crippen molar-refractivity contribution in [2.75, 3.05) is 13.2 Å². The smallest absolute Gasteiger partial charge is 0.306 e. The van der Waals surface area contributed by atoms with Crippen LogP contribution in [0.15, 0.2) is 97.2 Å². The van der Waals surface area contributed by atoms with Gasteiger partial charge in [-0.05, 0) is 109 Å². The number of rotatable bonds is 47. The first-order valence-corrected chi connectivity index (χ1v) is 26.7. The third kappa shape index (κ3) is 51.2. The zero-order valence-corrected chi connectivity index (χ0v) is 42.2. The lowest BCUT2D eigenvalue weighted by Crippen LogP contribution is -2.30. The molecule has 0 rings (SSSR count). The average molecular weight is 903 g/mol. The number of carbonyl (C=O) groups excluding carboxylic acids is 3. The van der Waals surface area contributed by atoms with Gasteiger partial charge in [0.1, 0.15) is 13.2 Å². The van der Waals surface area contributed by atoms with E-state index >= 15 is 0 Å². The van der Waals surface area contributed by atoms with Crippen molar-refractivity contribution in [3.05, 3.63) is 97.2 Å². The first kappa shape index (κ1) is 61.3. The molecule has 6 nitrogen and oxygen atoms in total. The van der Waals surface area contributed by atoms with Gasteiger partial charge in [-0.25, -0.2) is 0 Å². The quantitative estimate of drug-likeness (QED) is 0.0262. The summed E-state index contributed by atoms with van der Waals surface area (Å²) in [6.45, 7) is 6.42. The normalized spacial score (nSPS) is 12.8. The zero-order valence-electron chi connectivity index (χ0n) is 42.2. The van der Waals surface area contributed by atoms with Crippen LogP contribution in [-0.4, -0.2) is 37.2 Å². The zero-order chi connectivity index (χ0) is 47.2. The molecule has 370 valence electrons. The van der Waals surface area contributed by atoms with Gasteiger partial charge in [-0.3, -0.25) is 14.4 Å². The van der Waals surface area contributed by atoms with Crippen molar-refractivity contribution < 1.29 is 28.6 Å². The highest BCUT2D eigenvalue weighted by Crippen LogP contribution is 2.13. The van der Waals surface area contributed by atoms with Crippen LogP contribution in [0.1, 0.15) is 239 Å². The Morgan fingerprint density at radius 3 is 1.03 bits per heavy atom. The SMILES string of the molecule is CC/C=C\C/C=C\C/C=C\C/C=C\C/C=C\C/C=C\CCC(=O)OCC(COC(=O)CCCCC/C=C\CCCCCCCCC)OC(=O)CCCCC/C=C\CCCCCCCCC. The summed E-state index contributed by atoms with van der Waals surface area (Å²) in [6, 6.07) is 0. The topological polar surface area (TPSA) is 78.9 Å². The summed E-state index contributed by atoms with van der Waals surface area (Å²) in [7, 11) is 0. The molecule has 0 bridgehead atoms. The van der Waals surface area contributed by atoms with Gasteiger partial charge in [0, 0.05) is 19.3 Å². The molecule has 0 N–H and O–H groups in total. The molecule has 0 amide bonds. The maximum Gasteiger partial charge on any atom is 0.306 e. The highest BCUT2D eigenvalue weighted by Gasteiger charge is 2.19. The third-order valence-corrected chi connectivity index (χ3v) is 11.1. The van der Waals surface area contributed by atoms with E-state index in [0.717, 1.165) is 103 Å². The Balaban J connectivity index is 4.54. The summed E-state index contributed by atoms with van der Waals surface area (Å²) in [5, 5.41) is 0. The molecular weight excluding hydrogens is 805 g/mol. The standard InChI is InChI=1S/C59H98O6/c1-4-7-10-13-16-19-22-25-28-29-30-31-32-35-37-40-43-46-49-52-58(61)64-55-56(65-59(62)53-50-47-44-41-38-34-27-24-21-18-15-12-9-6-3)54-63-57(60)51-48-45-42-39-36-33-26-23-20-17-14-11-8-5-2/h7,10,16,19,25,28,30-31,33-38,43,46,56H,4-6,8-9,11-15,17-18,20-24,26-27,29,32,39-42,44-45,47-55H2,1-3H3/b10-7-,19-16-,28-25-,31-30-,36-33-,37-35-,38-34-,46-43-. The Morgan fingerprint density at radius 1 is 0.323 bits per heavy atom. The number of carbonyl (C=O) groups is 3. The number of esters is 3. The molecule has 65 heavy (non-hydrogen) atoms. The summed E-state index contributed by atoms with van der Waals surface area (Å²) in [5.74, 6) is -1.03. The van der Waals surface area contributed by atoms with Crippen molar-refractivity contribution in [2.45, 2.75) is 245 Å². The molecule has 1 unspecified atom stereocenters. The van der Waals surface area contributed by atoms with E-state index in [1.165, 1.54) is 89.9 Å². The van der Waals surface area contributed by atoms with Crippen molar-refractivity contribution in [1.82, 2.24) is 0 Å². The van der Waals surface area contributed by atoms with Gasteiger partial charge >= 0.3 is 17.9 Å². The fraction of sp³-hybridized carbons (Fsp3) is 0.678. The lowest BCUT2D eigenvalue weighted by molar-refractivity contribution is -0.166. The number of unbranched alkanes of at least 4 members (excludes halogenated alkanes) is 20. The molecule has 0 fully saturated rings. The second kappa shape index (κ2) is 52.9. The Morgan fingerprint density at radius 2 is 0.631 bits per heavy atom. The van der Waals surface area contributed by atoms with Crippen molar-refractivity contribution in [1.29, 1.82) is 0 Å². The molecule has 0 aromatic heterocycles. The highest BCUT2D eigenvalue weighted by atomic mass is 16.6. The molecular formula is C59H98O6. The summed E-state index contributed by atoms with van der Waals surface area (Å²) in [5.41, 5.74) is 0. The highest BCUT2D eigenvalue weighted by molar-refractivity contribution is 5.71. The van der Waals surface area contributed by atoms with Crippen LogP contribution in [0.2, 0.25) is 0 Å². The Hall–Kier alpha value is -3.67. The molecule has 6 heteroatoms. The predicted octanol–water partition coefficient (Wildman–Crippen LogP) is 17.8. The van der Waals surface area contributed by atoms with Gasteiger partial charge in [0.05, 0.1) is 0 Å². The Labute approximate surface area is 400 Å². The monoisotopic (exact) mass is 903 g/mol. The summed E-state index contributed by atoms with van der Waals surface area (Å²) < 4.78 is 16.7. The minimum absolute atomic E-state index is 0.115. The predicted molar refractivity (Wildman–Crippen MR) is 279 cm³/mol. The van der Waals surface area contributed by atoms with E-state index in [2.05, 4.69) is 106 Å². The molecule has 0 saturated heterocycles. The fourth-order valence-electron chi connectivity index (χ4n) is 7.04. The van der Waals surface area contributed by atoms with Crippen LogP contribution in [0.5, 0.6) is 0 Å². The van der Waals surface area contributed by atoms with Gasteiger partial charge in [0.15, 0.2) is 6.10 Å². The van der Waals surface area contributed by atoms with Crippen molar-refractivity contribution in [3.63, 3.8) is 0 Å². The molecule has 0 spiro atoms. The van der Waals surface area contributed by atoms with Gasteiger partial charge in [-0.15, -0.1) is 0 Å². The Bertz CT molecular complexity index is 1310. The first-order chi connectivity index (χ1) is 32.0. The Kier molecular flexibility index (Phi) is 50.0. The second-order valence-corrected chi connectivity index (χ2v) is 17.4. The average Bonchev–Trinajstić information content (AvgIpc) is 3.30. The summed E-state index contributed by atoms with van der Waals surface area (Å²) in [4.78, 5) is 38.0. The molecule has 0 aliphatic carbocycles. The molecule has 0 heterocycles. The van der Waals surface area contributed by atoms with Crippen LogP contribution in [0.3, 0.4) is 0 Å². The molecule has 1 atom stereocenters. The maximum absolute atomic E-state index is 12.8. The minimum atomic E-state index is -0.822. The van der Waals surface area contributed by atoms with Gasteiger partial charge < -0.3 is 14.2 Å². The van der Waals surface area contributed by atoms with Crippen LogP contribution in [0, 0.1) is 0 Å². The van der Waals surface area contributed by atoms with E-state index in [1.54, 1.807) is 0 Å². The van der Waals surface area contributed by atoms with E-state index < -0.39 is 6.10 Å². The summed E-state index contributed by atoms with van der Waals surface area (Å²) in [6.07, 6.45) is 69.8. The lowest BCUT2D eigenvalue weighted by Gasteiger charge is -2.18. The third-order valence-electron chi connectivity index (χ3n) is 11.1. The number of hydrogen-bond donors (Lipinski definition) is 0.